The smallest absolute Gasteiger partial charge is 0.414 e. The van der Waals surface area contributed by atoms with E-state index in [1.165, 1.54) is 18.4 Å². The quantitative estimate of drug-likeness (QED) is 0.681. The third kappa shape index (κ3) is 8.18. The van der Waals surface area contributed by atoms with Gasteiger partial charge < -0.3 is 25.0 Å². The highest BCUT2D eigenvalue weighted by atomic mass is 16.5. The Morgan fingerprint density at radius 3 is 2.39 bits per heavy atom. The molecule has 1 aromatic carbocycles. The lowest BCUT2D eigenvalue weighted by molar-refractivity contribution is -0.159. The summed E-state index contributed by atoms with van der Waals surface area (Å²) in [7, 11) is 0. The van der Waals surface area contributed by atoms with E-state index in [1.807, 2.05) is 19.1 Å². The molecule has 0 aromatic heterocycles. The molecule has 1 heterocycles. The number of carboxylic acids is 2. The largest absolute Gasteiger partial charge is 0.494 e. The summed E-state index contributed by atoms with van der Waals surface area (Å²) in [5.41, 5.74) is 1.28. The van der Waals surface area contributed by atoms with E-state index in [0.29, 0.717) is 6.10 Å². The fraction of sp³-hybridized carbons (Fsp3) is 0.500. The average Bonchev–Trinajstić information content (AvgIpc) is 3.03. The van der Waals surface area contributed by atoms with Crippen LogP contribution in [0.1, 0.15) is 25.3 Å². The highest BCUT2D eigenvalue weighted by molar-refractivity contribution is 6.27. The van der Waals surface area contributed by atoms with Gasteiger partial charge in [-0.15, -0.1) is 0 Å². The molecule has 0 amide bonds. The number of carboxylic acid groups (broad SMARTS) is 2. The van der Waals surface area contributed by atoms with Gasteiger partial charge in [0.25, 0.3) is 0 Å². The van der Waals surface area contributed by atoms with Gasteiger partial charge in [-0.2, -0.15) is 0 Å². The number of aliphatic carboxylic acids is 2. The Morgan fingerprint density at radius 2 is 1.91 bits per heavy atom. The second kappa shape index (κ2) is 10.6. The van der Waals surface area contributed by atoms with Crippen LogP contribution >= 0.6 is 0 Å². The van der Waals surface area contributed by atoms with Gasteiger partial charge >= 0.3 is 11.9 Å². The molecule has 1 aromatic rings. The van der Waals surface area contributed by atoms with Crippen LogP contribution in [0.5, 0.6) is 5.75 Å². The first-order chi connectivity index (χ1) is 11.0. The first kappa shape index (κ1) is 18.9. The molecule has 1 unspecified atom stereocenters. The first-order valence-electron chi connectivity index (χ1n) is 7.53. The fourth-order valence-corrected chi connectivity index (χ4v) is 2.05. The maximum atomic E-state index is 9.10. The van der Waals surface area contributed by atoms with Crippen LogP contribution in [0.3, 0.4) is 0 Å². The summed E-state index contributed by atoms with van der Waals surface area (Å²) in [5.74, 6) is -2.71. The van der Waals surface area contributed by atoms with Gasteiger partial charge in [0.15, 0.2) is 0 Å². The van der Waals surface area contributed by atoms with Crippen molar-refractivity contribution in [3.63, 3.8) is 0 Å². The van der Waals surface area contributed by atoms with E-state index in [9.17, 15) is 0 Å². The molecule has 1 atom stereocenters. The average molecular weight is 325 g/mol. The summed E-state index contributed by atoms with van der Waals surface area (Å²) >= 11 is 0. The molecule has 0 saturated carbocycles. The van der Waals surface area contributed by atoms with Crippen molar-refractivity contribution in [2.24, 2.45) is 0 Å². The van der Waals surface area contributed by atoms with Crippen molar-refractivity contribution < 1.29 is 29.3 Å². The van der Waals surface area contributed by atoms with E-state index in [0.717, 1.165) is 32.1 Å². The summed E-state index contributed by atoms with van der Waals surface area (Å²) < 4.78 is 11.0. The van der Waals surface area contributed by atoms with Gasteiger partial charge in [0.05, 0.1) is 12.7 Å². The molecule has 128 valence electrons. The number of carbonyl (C=O) groups is 2. The zero-order valence-electron chi connectivity index (χ0n) is 13.2. The van der Waals surface area contributed by atoms with Crippen LogP contribution in [-0.2, 0) is 20.9 Å². The van der Waals surface area contributed by atoms with E-state index in [2.05, 4.69) is 17.4 Å². The highest BCUT2D eigenvalue weighted by Crippen LogP contribution is 2.13. The normalized spacial score (nSPS) is 16.3. The monoisotopic (exact) mass is 325 g/mol. The molecular formula is C16H23NO6. The maximum absolute atomic E-state index is 9.10. The topological polar surface area (TPSA) is 105 Å². The molecule has 1 aliphatic heterocycles. The Kier molecular flexibility index (Phi) is 8.71. The predicted molar refractivity (Wildman–Crippen MR) is 83.6 cm³/mol. The first-order valence-corrected chi connectivity index (χ1v) is 7.53. The number of benzene rings is 1. The number of rotatable bonds is 6. The van der Waals surface area contributed by atoms with E-state index in [1.54, 1.807) is 0 Å². The summed E-state index contributed by atoms with van der Waals surface area (Å²) in [6, 6.07) is 8.25. The van der Waals surface area contributed by atoms with Gasteiger partial charge in [0.1, 0.15) is 5.75 Å². The summed E-state index contributed by atoms with van der Waals surface area (Å²) in [6.07, 6.45) is 2.81. The van der Waals surface area contributed by atoms with E-state index < -0.39 is 11.9 Å². The van der Waals surface area contributed by atoms with Crippen LogP contribution in [0, 0.1) is 0 Å². The van der Waals surface area contributed by atoms with Crippen LogP contribution in [0.25, 0.3) is 0 Å². The highest BCUT2D eigenvalue weighted by Gasteiger charge is 2.14. The Balaban J connectivity index is 0.000000379. The summed E-state index contributed by atoms with van der Waals surface area (Å²) in [5, 5.41) is 18.2. The maximum Gasteiger partial charge on any atom is 0.414 e. The number of hydrogen-bond acceptors (Lipinski definition) is 5. The van der Waals surface area contributed by atoms with Crippen LogP contribution in [0.2, 0.25) is 0 Å². The Morgan fingerprint density at radius 1 is 1.26 bits per heavy atom. The molecule has 1 fully saturated rings. The molecule has 0 aliphatic carbocycles. The molecule has 7 heteroatoms. The van der Waals surface area contributed by atoms with Crippen LogP contribution in [-0.4, -0.2) is 48.0 Å². The van der Waals surface area contributed by atoms with Crippen LogP contribution in [0.4, 0.5) is 0 Å². The SMILES string of the molecule is CCOc1ccc(CNCC2CCCO2)cc1.O=C(O)C(=O)O. The minimum atomic E-state index is -1.82. The van der Waals surface area contributed by atoms with Crippen molar-refractivity contribution >= 4 is 11.9 Å². The summed E-state index contributed by atoms with van der Waals surface area (Å²) in [4.78, 5) is 18.2. The van der Waals surface area contributed by atoms with Gasteiger partial charge in [-0.05, 0) is 37.5 Å². The van der Waals surface area contributed by atoms with E-state index in [-0.39, 0.29) is 0 Å². The number of nitrogens with one attached hydrogen (secondary N) is 1. The lowest BCUT2D eigenvalue weighted by atomic mass is 10.2. The zero-order valence-corrected chi connectivity index (χ0v) is 13.2. The van der Waals surface area contributed by atoms with Crippen molar-refractivity contribution in [2.75, 3.05) is 19.8 Å². The summed E-state index contributed by atoms with van der Waals surface area (Å²) in [6.45, 7) is 5.49. The molecule has 23 heavy (non-hydrogen) atoms. The second-order valence-corrected chi connectivity index (χ2v) is 4.95. The molecule has 7 nitrogen and oxygen atoms in total. The lowest BCUT2D eigenvalue weighted by Crippen LogP contribution is -2.25. The third-order valence-corrected chi connectivity index (χ3v) is 3.14. The van der Waals surface area contributed by atoms with Crippen molar-refractivity contribution in [1.82, 2.24) is 5.32 Å². The molecular weight excluding hydrogens is 302 g/mol. The molecule has 0 spiro atoms. The molecule has 1 aliphatic rings. The Labute approximate surface area is 135 Å². The number of hydrogen-bond donors (Lipinski definition) is 3. The van der Waals surface area contributed by atoms with Crippen molar-refractivity contribution in [3.8, 4) is 5.75 Å². The van der Waals surface area contributed by atoms with Gasteiger partial charge in [-0.3, -0.25) is 0 Å². The van der Waals surface area contributed by atoms with Gasteiger partial charge in [0, 0.05) is 19.7 Å². The molecule has 3 N–H and O–H groups in total. The van der Waals surface area contributed by atoms with Crippen LogP contribution in [0.15, 0.2) is 24.3 Å². The molecule has 0 bridgehead atoms. The van der Waals surface area contributed by atoms with Crippen molar-refractivity contribution in [3.05, 3.63) is 29.8 Å². The standard InChI is InChI=1S/C14H21NO2.C2H2O4/c1-2-16-13-7-5-12(6-8-13)10-15-11-14-4-3-9-17-14;3-1(4)2(5)6/h5-8,14-15H,2-4,9-11H2,1H3;(H,3,4)(H,5,6). The Bertz CT molecular complexity index is 470. The van der Waals surface area contributed by atoms with E-state index >= 15 is 0 Å². The van der Waals surface area contributed by atoms with Gasteiger partial charge in [-0.1, -0.05) is 12.1 Å². The predicted octanol–water partition coefficient (Wildman–Crippen LogP) is 1.51. The zero-order chi connectivity index (χ0) is 17.1. The molecule has 1 saturated heterocycles. The Hall–Kier alpha value is -2.12. The lowest BCUT2D eigenvalue weighted by Gasteiger charge is -2.11. The molecule has 2 rings (SSSR count). The van der Waals surface area contributed by atoms with Gasteiger partial charge in [-0.25, -0.2) is 9.59 Å². The fourth-order valence-electron chi connectivity index (χ4n) is 2.05. The van der Waals surface area contributed by atoms with Crippen molar-refractivity contribution in [1.29, 1.82) is 0 Å². The number of ether oxygens (including phenoxy) is 2. The van der Waals surface area contributed by atoms with Crippen LogP contribution < -0.4 is 10.1 Å². The van der Waals surface area contributed by atoms with E-state index in [4.69, 9.17) is 29.3 Å². The third-order valence-electron chi connectivity index (χ3n) is 3.14. The second-order valence-electron chi connectivity index (χ2n) is 4.95. The minimum Gasteiger partial charge on any atom is -0.494 e. The van der Waals surface area contributed by atoms with Crippen molar-refractivity contribution in [2.45, 2.75) is 32.4 Å². The van der Waals surface area contributed by atoms with Gasteiger partial charge in [0.2, 0.25) is 0 Å². The minimum absolute atomic E-state index is 0.415. The molecule has 0 radical (unpaired) electrons.